The lowest BCUT2D eigenvalue weighted by Crippen LogP contribution is -2.18. The largest absolute Gasteiger partial charge is 0.396 e. The molecule has 0 aliphatic carbocycles. The van der Waals surface area contributed by atoms with E-state index < -0.39 is 0 Å². The molecule has 7 nitrogen and oxygen atoms in total. The molecule has 0 unspecified atom stereocenters. The maximum Gasteiger partial charge on any atom is 0.247 e. The molecule has 2 N–H and O–H groups in total. The number of aromatic nitrogens is 4. The van der Waals surface area contributed by atoms with E-state index in [1.165, 1.54) is 16.0 Å². The number of anilines is 1. The third kappa shape index (κ3) is 3.60. The van der Waals surface area contributed by atoms with E-state index in [0.717, 1.165) is 5.69 Å². The molecule has 0 aromatic carbocycles. The summed E-state index contributed by atoms with van der Waals surface area (Å²) in [5.74, 6) is -0.191. The van der Waals surface area contributed by atoms with Crippen LogP contribution in [0.5, 0.6) is 0 Å². The second kappa shape index (κ2) is 6.22. The fourth-order valence-electron chi connectivity index (χ4n) is 1.38. The summed E-state index contributed by atoms with van der Waals surface area (Å²) in [6, 6.07) is 0. The molecule has 8 heteroatoms. The first kappa shape index (κ1) is 12.7. The van der Waals surface area contributed by atoms with Crippen molar-refractivity contribution < 1.29 is 9.90 Å². The molecule has 0 saturated carbocycles. The number of aliphatic hydroxyl groups excluding tert-OH is 1. The first-order valence-electron chi connectivity index (χ1n) is 5.47. The Balaban J connectivity index is 1.85. The zero-order valence-electron chi connectivity index (χ0n) is 9.61. The smallest absolute Gasteiger partial charge is 0.247 e. The molecule has 18 heavy (non-hydrogen) atoms. The predicted octanol–water partition coefficient (Wildman–Crippen LogP) is 0.298. The van der Waals surface area contributed by atoms with Crippen LogP contribution >= 0.6 is 11.3 Å². The van der Waals surface area contributed by atoms with Gasteiger partial charge in [-0.3, -0.25) is 4.79 Å². The predicted molar refractivity (Wildman–Crippen MR) is 66.2 cm³/mol. The Morgan fingerprint density at radius 3 is 3.17 bits per heavy atom. The lowest BCUT2D eigenvalue weighted by Gasteiger charge is -2.00. The molecule has 0 radical (unpaired) electrons. The quantitative estimate of drug-likeness (QED) is 0.785. The van der Waals surface area contributed by atoms with Crippen LogP contribution in [0, 0.1) is 0 Å². The van der Waals surface area contributed by atoms with Crippen molar-refractivity contribution >= 4 is 22.4 Å². The Morgan fingerprint density at radius 2 is 2.44 bits per heavy atom. The lowest BCUT2D eigenvalue weighted by molar-refractivity contribution is -0.116. The van der Waals surface area contributed by atoms with Crippen LogP contribution in [0.15, 0.2) is 17.8 Å². The molecule has 0 fully saturated rings. The normalized spacial score (nSPS) is 10.5. The van der Waals surface area contributed by atoms with E-state index in [0.29, 0.717) is 18.0 Å². The molecule has 96 valence electrons. The van der Waals surface area contributed by atoms with Crippen LogP contribution < -0.4 is 5.32 Å². The summed E-state index contributed by atoms with van der Waals surface area (Å²) in [5.41, 5.74) is 0.770. The van der Waals surface area contributed by atoms with Crippen LogP contribution in [0.2, 0.25) is 0 Å². The van der Waals surface area contributed by atoms with Gasteiger partial charge >= 0.3 is 0 Å². The highest BCUT2D eigenvalue weighted by Gasteiger charge is 2.07. The molecule has 0 aliphatic rings. The van der Waals surface area contributed by atoms with Crippen molar-refractivity contribution in [1.82, 2.24) is 20.0 Å². The summed E-state index contributed by atoms with van der Waals surface area (Å²) < 4.78 is 1.47. The van der Waals surface area contributed by atoms with Gasteiger partial charge in [-0.2, -0.15) is 0 Å². The number of carbonyl (C=O) groups excluding carboxylic acids is 1. The number of aryl methyl sites for hydroxylation is 1. The van der Waals surface area contributed by atoms with Crippen molar-refractivity contribution in [3.63, 3.8) is 0 Å². The van der Waals surface area contributed by atoms with Crippen molar-refractivity contribution in [2.45, 2.75) is 19.4 Å². The molecule has 1 amide bonds. The molecular weight excluding hydrogens is 254 g/mol. The highest BCUT2D eigenvalue weighted by Crippen LogP contribution is 2.10. The average Bonchev–Trinajstić information content (AvgIpc) is 2.98. The first-order valence-corrected chi connectivity index (χ1v) is 6.35. The van der Waals surface area contributed by atoms with E-state index in [1.54, 1.807) is 17.8 Å². The fourth-order valence-corrected chi connectivity index (χ4v) is 1.93. The molecule has 0 bridgehead atoms. The van der Waals surface area contributed by atoms with Crippen LogP contribution in [0.25, 0.3) is 0 Å². The minimum Gasteiger partial charge on any atom is -0.396 e. The van der Waals surface area contributed by atoms with Crippen molar-refractivity contribution in [1.29, 1.82) is 0 Å². The Kier molecular flexibility index (Phi) is 4.37. The summed E-state index contributed by atoms with van der Waals surface area (Å²) in [6.07, 6.45) is 4.63. The summed E-state index contributed by atoms with van der Waals surface area (Å²) in [7, 11) is 0. The highest BCUT2D eigenvalue weighted by molar-refractivity contribution is 7.13. The van der Waals surface area contributed by atoms with Crippen molar-refractivity contribution in [3.05, 3.63) is 23.5 Å². The van der Waals surface area contributed by atoms with Gasteiger partial charge < -0.3 is 10.4 Å². The van der Waals surface area contributed by atoms with Gasteiger partial charge in [0.1, 0.15) is 6.54 Å². The number of thiazole rings is 1. The van der Waals surface area contributed by atoms with Crippen LogP contribution in [-0.2, 0) is 17.8 Å². The van der Waals surface area contributed by atoms with E-state index in [1.807, 2.05) is 0 Å². The van der Waals surface area contributed by atoms with E-state index in [4.69, 9.17) is 5.11 Å². The van der Waals surface area contributed by atoms with Gasteiger partial charge in [0.2, 0.25) is 5.91 Å². The maximum absolute atomic E-state index is 11.6. The van der Waals surface area contributed by atoms with Crippen molar-refractivity contribution in [3.8, 4) is 0 Å². The number of rotatable bonds is 6. The second-order valence-corrected chi connectivity index (χ2v) is 4.51. The number of hydrogen-bond acceptors (Lipinski definition) is 6. The molecular formula is C10H13N5O2S. The summed E-state index contributed by atoms with van der Waals surface area (Å²) in [6.45, 7) is 0.225. The molecule has 0 aliphatic heterocycles. The zero-order chi connectivity index (χ0) is 12.8. The van der Waals surface area contributed by atoms with E-state index >= 15 is 0 Å². The van der Waals surface area contributed by atoms with Gasteiger partial charge in [-0.1, -0.05) is 5.21 Å². The third-order valence-electron chi connectivity index (χ3n) is 2.16. The summed E-state index contributed by atoms with van der Waals surface area (Å²) in [4.78, 5) is 15.6. The van der Waals surface area contributed by atoms with E-state index in [9.17, 15) is 4.79 Å². The number of nitrogens with one attached hydrogen (secondary N) is 1. The summed E-state index contributed by atoms with van der Waals surface area (Å²) >= 11 is 1.36. The number of hydrogen-bond donors (Lipinski definition) is 2. The Hall–Kier alpha value is -1.80. The van der Waals surface area contributed by atoms with Crippen LogP contribution in [0.4, 0.5) is 5.13 Å². The standard InChI is InChI=1S/C10H13N5O2S/c16-4-1-2-8-6-15(14-13-8)7-9(17)12-10-11-3-5-18-10/h3,5-6,16H,1-2,4,7H2,(H,11,12,17). The van der Waals surface area contributed by atoms with Crippen LogP contribution in [0.1, 0.15) is 12.1 Å². The number of nitrogens with zero attached hydrogens (tertiary/aromatic N) is 4. The maximum atomic E-state index is 11.6. The van der Waals surface area contributed by atoms with Crippen LogP contribution in [0.3, 0.4) is 0 Å². The van der Waals surface area contributed by atoms with Gasteiger partial charge in [-0.25, -0.2) is 9.67 Å². The first-order chi connectivity index (χ1) is 8.78. The fraction of sp³-hybridized carbons (Fsp3) is 0.400. The van der Waals surface area contributed by atoms with Gasteiger partial charge in [0.05, 0.1) is 5.69 Å². The topological polar surface area (TPSA) is 92.9 Å². The van der Waals surface area contributed by atoms with Gasteiger partial charge in [-0.15, -0.1) is 16.4 Å². The monoisotopic (exact) mass is 267 g/mol. The molecule has 0 atom stereocenters. The molecule has 0 spiro atoms. The molecule has 0 saturated heterocycles. The SMILES string of the molecule is O=C(Cn1cc(CCCO)nn1)Nc1nccs1. The van der Waals surface area contributed by atoms with Gasteiger partial charge in [-0.05, 0) is 12.8 Å². The van der Waals surface area contributed by atoms with Crippen molar-refractivity contribution in [2.75, 3.05) is 11.9 Å². The van der Waals surface area contributed by atoms with E-state index in [-0.39, 0.29) is 19.1 Å². The molecule has 2 rings (SSSR count). The minimum atomic E-state index is -0.191. The van der Waals surface area contributed by atoms with Crippen LogP contribution in [-0.4, -0.2) is 37.6 Å². The minimum absolute atomic E-state index is 0.103. The zero-order valence-corrected chi connectivity index (χ0v) is 10.4. The van der Waals surface area contributed by atoms with Gasteiger partial charge in [0, 0.05) is 24.4 Å². The number of aliphatic hydroxyl groups is 1. The van der Waals surface area contributed by atoms with Crippen molar-refractivity contribution in [2.24, 2.45) is 0 Å². The number of carbonyl (C=O) groups is 1. The van der Waals surface area contributed by atoms with E-state index in [2.05, 4.69) is 20.6 Å². The molecule has 2 aromatic heterocycles. The summed E-state index contributed by atoms with van der Waals surface area (Å²) in [5, 5.41) is 21.5. The Bertz CT molecular complexity index is 496. The highest BCUT2D eigenvalue weighted by atomic mass is 32.1. The third-order valence-corrected chi connectivity index (χ3v) is 2.85. The van der Waals surface area contributed by atoms with Gasteiger partial charge in [0.15, 0.2) is 5.13 Å². The van der Waals surface area contributed by atoms with Gasteiger partial charge in [0.25, 0.3) is 0 Å². The Labute approximate surface area is 107 Å². The molecule has 2 aromatic rings. The lowest BCUT2D eigenvalue weighted by atomic mass is 10.3. The Morgan fingerprint density at radius 1 is 1.56 bits per heavy atom. The second-order valence-electron chi connectivity index (χ2n) is 3.62. The number of amides is 1. The molecule has 2 heterocycles. The average molecular weight is 267 g/mol.